The van der Waals surface area contributed by atoms with Crippen molar-refractivity contribution in [3.63, 3.8) is 0 Å². The van der Waals surface area contributed by atoms with E-state index in [0.29, 0.717) is 6.42 Å². The van der Waals surface area contributed by atoms with Crippen LogP contribution in [0.5, 0.6) is 5.75 Å². The van der Waals surface area contributed by atoms with E-state index in [1.807, 2.05) is 24.3 Å². The Labute approximate surface area is 125 Å². The molecular weight excluding hydrogens is 268 g/mol. The summed E-state index contributed by atoms with van der Waals surface area (Å²) >= 11 is 0. The number of nitrogens with two attached hydrogens (primary N) is 1. The fraction of sp³-hybridized carbons (Fsp3) is 0.562. The highest BCUT2D eigenvalue weighted by Gasteiger charge is 2.47. The van der Waals surface area contributed by atoms with Crippen LogP contribution in [0.4, 0.5) is 0 Å². The third-order valence-electron chi connectivity index (χ3n) is 3.71. The lowest BCUT2D eigenvalue weighted by Gasteiger charge is -2.27. The van der Waals surface area contributed by atoms with Gasteiger partial charge in [0.2, 0.25) is 0 Å². The predicted octanol–water partition coefficient (Wildman–Crippen LogP) is 2.70. The van der Waals surface area contributed by atoms with Crippen LogP contribution in [-0.2, 0) is 11.2 Å². The molecule has 1 aromatic carbocycles. The minimum Gasteiger partial charge on any atom is -0.487 e. The number of rotatable bonds is 4. The summed E-state index contributed by atoms with van der Waals surface area (Å²) in [5, 5.41) is 11.5. The summed E-state index contributed by atoms with van der Waals surface area (Å²) in [6.07, 6.45) is 1.29. The van der Waals surface area contributed by atoms with Gasteiger partial charge in [0.05, 0.1) is 5.60 Å². The van der Waals surface area contributed by atoms with Gasteiger partial charge in [-0.05, 0) is 45.4 Å². The SMILES string of the molecule is CC1(C)CC(Oc2ccc(C/C(N)=N/O)cc2)C(C)(C)O1. The van der Waals surface area contributed by atoms with Crippen LogP contribution in [0.2, 0.25) is 0 Å². The van der Waals surface area contributed by atoms with Crippen molar-refractivity contribution >= 4 is 5.84 Å². The van der Waals surface area contributed by atoms with Gasteiger partial charge in [0.1, 0.15) is 23.3 Å². The number of amidine groups is 1. The molecule has 1 saturated heterocycles. The van der Waals surface area contributed by atoms with E-state index in [9.17, 15) is 0 Å². The van der Waals surface area contributed by atoms with Crippen LogP contribution < -0.4 is 10.5 Å². The van der Waals surface area contributed by atoms with E-state index in [-0.39, 0.29) is 23.1 Å². The van der Waals surface area contributed by atoms with E-state index in [2.05, 4.69) is 32.9 Å². The Morgan fingerprint density at radius 1 is 1.33 bits per heavy atom. The highest BCUT2D eigenvalue weighted by atomic mass is 16.6. The van der Waals surface area contributed by atoms with Crippen LogP contribution in [0, 0.1) is 0 Å². The van der Waals surface area contributed by atoms with Crippen LogP contribution in [0.15, 0.2) is 29.4 Å². The van der Waals surface area contributed by atoms with Gasteiger partial charge >= 0.3 is 0 Å². The fourth-order valence-corrected chi connectivity index (χ4v) is 2.79. The minimum atomic E-state index is -0.309. The highest BCUT2D eigenvalue weighted by molar-refractivity contribution is 5.82. The number of oxime groups is 1. The summed E-state index contributed by atoms with van der Waals surface area (Å²) in [5.41, 5.74) is 5.99. The van der Waals surface area contributed by atoms with Gasteiger partial charge in [0.15, 0.2) is 0 Å². The predicted molar refractivity (Wildman–Crippen MR) is 81.8 cm³/mol. The van der Waals surface area contributed by atoms with Crippen molar-refractivity contribution in [1.82, 2.24) is 0 Å². The summed E-state index contributed by atoms with van der Waals surface area (Å²) in [6, 6.07) is 7.64. The monoisotopic (exact) mass is 292 g/mol. The molecule has 21 heavy (non-hydrogen) atoms. The van der Waals surface area contributed by atoms with Gasteiger partial charge in [0, 0.05) is 12.8 Å². The normalized spacial score (nSPS) is 24.0. The van der Waals surface area contributed by atoms with E-state index in [4.69, 9.17) is 20.4 Å². The van der Waals surface area contributed by atoms with Crippen LogP contribution in [0.25, 0.3) is 0 Å². The van der Waals surface area contributed by atoms with E-state index < -0.39 is 0 Å². The van der Waals surface area contributed by atoms with Crippen molar-refractivity contribution in [3.8, 4) is 5.75 Å². The molecule has 5 nitrogen and oxygen atoms in total. The third-order valence-corrected chi connectivity index (χ3v) is 3.71. The average molecular weight is 292 g/mol. The van der Waals surface area contributed by atoms with Crippen molar-refractivity contribution in [2.75, 3.05) is 0 Å². The van der Waals surface area contributed by atoms with Crippen molar-refractivity contribution in [1.29, 1.82) is 0 Å². The molecule has 1 unspecified atom stereocenters. The molecule has 0 spiro atoms. The van der Waals surface area contributed by atoms with E-state index in [1.54, 1.807) is 0 Å². The van der Waals surface area contributed by atoms with E-state index >= 15 is 0 Å². The molecule has 0 bridgehead atoms. The summed E-state index contributed by atoms with van der Waals surface area (Å²) < 4.78 is 12.1. The highest BCUT2D eigenvalue weighted by Crippen LogP contribution is 2.39. The summed E-state index contributed by atoms with van der Waals surface area (Å²) in [5.74, 6) is 0.994. The van der Waals surface area contributed by atoms with Crippen molar-refractivity contribution in [2.24, 2.45) is 10.9 Å². The molecule has 0 saturated carbocycles. The minimum absolute atomic E-state index is 0.0161. The molecule has 0 radical (unpaired) electrons. The van der Waals surface area contributed by atoms with Gasteiger partial charge in [-0.1, -0.05) is 17.3 Å². The standard InChI is InChI=1S/C16H24N2O3/c1-15(2)10-13(16(3,4)21-15)20-12-7-5-11(6-8-12)9-14(17)18-19/h5-8,13,19H,9-10H2,1-4H3,(H2,17,18). The summed E-state index contributed by atoms with van der Waals surface area (Å²) in [7, 11) is 0. The van der Waals surface area contributed by atoms with Gasteiger partial charge in [-0.3, -0.25) is 0 Å². The Balaban J connectivity index is 2.04. The maximum atomic E-state index is 8.57. The molecule has 2 rings (SSSR count). The second-order valence-electron chi connectivity index (χ2n) is 6.69. The zero-order valence-corrected chi connectivity index (χ0v) is 13.1. The van der Waals surface area contributed by atoms with Crippen molar-refractivity contribution in [3.05, 3.63) is 29.8 Å². The first-order valence-electron chi connectivity index (χ1n) is 7.14. The Morgan fingerprint density at radius 2 is 1.95 bits per heavy atom. The van der Waals surface area contributed by atoms with Gasteiger partial charge < -0.3 is 20.4 Å². The molecule has 0 aliphatic carbocycles. The molecule has 1 aromatic rings. The van der Waals surface area contributed by atoms with Gasteiger partial charge in [-0.2, -0.15) is 0 Å². The fourth-order valence-electron chi connectivity index (χ4n) is 2.79. The molecule has 5 heteroatoms. The topological polar surface area (TPSA) is 77.1 Å². The number of ether oxygens (including phenoxy) is 2. The van der Waals surface area contributed by atoms with Gasteiger partial charge in [0.25, 0.3) is 0 Å². The molecule has 1 heterocycles. The molecule has 116 valence electrons. The molecule has 0 amide bonds. The first kappa shape index (κ1) is 15.6. The third kappa shape index (κ3) is 3.88. The lowest BCUT2D eigenvalue weighted by molar-refractivity contribution is -0.0846. The maximum Gasteiger partial charge on any atom is 0.143 e. The zero-order chi connectivity index (χ0) is 15.7. The second kappa shape index (κ2) is 5.56. The first-order chi connectivity index (χ1) is 9.72. The quantitative estimate of drug-likeness (QED) is 0.387. The molecule has 1 atom stereocenters. The lowest BCUT2D eigenvalue weighted by Crippen LogP contribution is -2.36. The Bertz CT molecular complexity index is 521. The lowest BCUT2D eigenvalue weighted by atomic mass is 9.97. The van der Waals surface area contributed by atoms with Gasteiger partial charge in [-0.25, -0.2) is 0 Å². The molecule has 1 aliphatic rings. The molecule has 1 aliphatic heterocycles. The zero-order valence-electron chi connectivity index (χ0n) is 13.1. The van der Waals surface area contributed by atoms with Crippen LogP contribution in [0.1, 0.15) is 39.7 Å². The largest absolute Gasteiger partial charge is 0.487 e. The van der Waals surface area contributed by atoms with E-state index in [1.165, 1.54) is 0 Å². The molecular formula is C16H24N2O3. The first-order valence-corrected chi connectivity index (χ1v) is 7.14. The second-order valence-corrected chi connectivity index (χ2v) is 6.69. The molecule has 1 fully saturated rings. The van der Waals surface area contributed by atoms with Gasteiger partial charge in [-0.15, -0.1) is 0 Å². The number of hydrogen-bond acceptors (Lipinski definition) is 4. The molecule has 3 N–H and O–H groups in total. The Hall–Kier alpha value is -1.75. The Kier molecular flexibility index (Phi) is 4.14. The van der Waals surface area contributed by atoms with Crippen LogP contribution in [0.3, 0.4) is 0 Å². The average Bonchev–Trinajstić information content (AvgIpc) is 2.59. The van der Waals surface area contributed by atoms with Crippen molar-refractivity contribution < 1.29 is 14.7 Å². The Morgan fingerprint density at radius 3 is 2.43 bits per heavy atom. The summed E-state index contributed by atoms with van der Waals surface area (Å²) in [6.45, 7) is 8.27. The van der Waals surface area contributed by atoms with Crippen molar-refractivity contribution in [2.45, 2.75) is 57.8 Å². The smallest absolute Gasteiger partial charge is 0.143 e. The number of benzene rings is 1. The molecule has 0 aromatic heterocycles. The summed E-state index contributed by atoms with van der Waals surface area (Å²) in [4.78, 5) is 0. The van der Waals surface area contributed by atoms with Crippen LogP contribution in [-0.4, -0.2) is 28.3 Å². The maximum absolute atomic E-state index is 8.57. The number of hydrogen-bond donors (Lipinski definition) is 2. The van der Waals surface area contributed by atoms with E-state index in [0.717, 1.165) is 17.7 Å². The number of nitrogens with zero attached hydrogens (tertiary/aromatic N) is 1. The van der Waals surface area contributed by atoms with Crippen LogP contribution >= 0.6 is 0 Å².